The van der Waals surface area contributed by atoms with Crippen LogP contribution < -0.4 is 16.4 Å². The Morgan fingerprint density at radius 3 is 2.71 bits per heavy atom. The number of piperidine rings is 1. The van der Waals surface area contributed by atoms with Gasteiger partial charge in [-0.3, -0.25) is 4.79 Å². The molecule has 0 aromatic heterocycles. The minimum Gasteiger partial charge on any atom is -0.352 e. The number of carbonyl (C=O) groups is 1. The van der Waals surface area contributed by atoms with Gasteiger partial charge in [-0.05, 0) is 50.5 Å². The Morgan fingerprint density at radius 1 is 1.24 bits per heavy atom. The molecule has 4 nitrogen and oxygen atoms in total. The van der Waals surface area contributed by atoms with Crippen molar-refractivity contribution in [2.75, 3.05) is 13.1 Å². The van der Waals surface area contributed by atoms with Gasteiger partial charge in [-0.25, -0.2) is 0 Å². The van der Waals surface area contributed by atoms with Crippen molar-refractivity contribution >= 4 is 5.91 Å². The third-order valence-corrected chi connectivity index (χ3v) is 4.93. The smallest absolute Gasteiger partial charge is 0.225 e. The summed E-state index contributed by atoms with van der Waals surface area (Å²) >= 11 is 0. The molecule has 0 aromatic carbocycles. The van der Waals surface area contributed by atoms with Gasteiger partial charge in [0.1, 0.15) is 0 Å². The van der Waals surface area contributed by atoms with Gasteiger partial charge < -0.3 is 16.4 Å². The largest absolute Gasteiger partial charge is 0.352 e. The standard InChI is InChI=1S/C13H23N3O/c14-12-9-4-3-8(6-9)11(12)13(17)16-10-2-1-5-15-7-10/h8-12,15H,1-7,14H2,(H,16,17)/t8?,9?,10-,11?,12?/m0/s1. The Hall–Kier alpha value is -0.610. The lowest BCUT2D eigenvalue weighted by Gasteiger charge is -2.30. The molecule has 2 aliphatic carbocycles. The van der Waals surface area contributed by atoms with Gasteiger partial charge in [0.05, 0.1) is 5.92 Å². The Kier molecular flexibility index (Phi) is 3.09. The number of fused-ring (bicyclic) bond motifs is 2. The van der Waals surface area contributed by atoms with Crippen molar-refractivity contribution in [3.8, 4) is 0 Å². The van der Waals surface area contributed by atoms with E-state index in [0.717, 1.165) is 25.9 Å². The fraction of sp³-hybridized carbons (Fsp3) is 0.923. The number of nitrogens with one attached hydrogen (secondary N) is 2. The lowest BCUT2D eigenvalue weighted by atomic mass is 9.84. The predicted molar refractivity (Wildman–Crippen MR) is 66.3 cm³/mol. The summed E-state index contributed by atoms with van der Waals surface area (Å²) < 4.78 is 0. The van der Waals surface area contributed by atoms with Crippen LogP contribution in [-0.4, -0.2) is 31.1 Å². The number of hydrogen-bond acceptors (Lipinski definition) is 3. The first-order valence-corrected chi connectivity index (χ1v) is 7.02. The molecule has 4 N–H and O–H groups in total. The number of carbonyl (C=O) groups excluding carboxylic acids is 1. The summed E-state index contributed by atoms with van der Waals surface area (Å²) in [6.45, 7) is 2.00. The fourth-order valence-electron chi connectivity index (χ4n) is 4.00. The van der Waals surface area contributed by atoms with Crippen LogP contribution in [0.1, 0.15) is 32.1 Å². The number of nitrogens with two attached hydrogens (primary N) is 1. The van der Waals surface area contributed by atoms with E-state index in [2.05, 4.69) is 10.6 Å². The average Bonchev–Trinajstić information content (AvgIpc) is 2.90. The van der Waals surface area contributed by atoms with E-state index in [4.69, 9.17) is 5.73 Å². The van der Waals surface area contributed by atoms with E-state index in [1.54, 1.807) is 0 Å². The van der Waals surface area contributed by atoms with Crippen molar-refractivity contribution in [2.24, 2.45) is 23.5 Å². The molecule has 0 radical (unpaired) electrons. The summed E-state index contributed by atoms with van der Waals surface area (Å²) in [5, 5.41) is 6.52. The lowest BCUT2D eigenvalue weighted by Crippen LogP contribution is -2.51. The van der Waals surface area contributed by atoms with E-state index in [0.29, 0.717) is 17.9 Å². The molecule has 2 saturated carbocycles. The molecule has 3 rings (SSSR count). The minimum atomic E-state index is 0.0932. The van der Waals surface area contributed by atoms with E-state index in [9.17, 15) is 4.79 Å². The summed E-state index contributed by atoms with van der Waals surface area (Å²) in [5.74, 6) is 1.49. The summed E-state index contributed by atoms with van der Waals surface area (Å²) in [5.41, 5.74) is 6.19. The van der Waals surface area contributed by atoms with Gasteiger partial charge in [0.2, 0.25) is 5.91 Å². The van der Waals surface area contributed by atoms with Crippen LogP contribution in [0.25, 0.3) is 0 Å². The summed E-state index contributed by atoms with van der Waals surface area (Å²) in [7, 11) is 0. The van der Waals surface area contributed by atoms with Gasteiger partial charge in [-0.15, -0.1) is 0 Å². The third-order valence-electron chi connectivity index (χ3n) is 4.93. The van der Waals surface area contributed by atoms with Crippen LogP contribution in [0.2, 0.25) is 0 Å². The maximum Gasteiger partial charge on any atom is 0.225 e. The number of amides is 1. The highest BCUT2D eigenvalue weighted by molar-refractivity contribution is 5.80. The maximum absolute atomic E-state index is 12.3. The topological polar surface area (TPSA) is 67.2 Å². The highest BCUT2D eigenvalue weighted by Gasteiger charge is 2.49. The first-order valence-electron chi connectivity index (χ1n) is 7.02. The van der Waals surface area contributed by atoms with Crippen molar-refractivity contribution in [1.29, 1.82) is 0 Å². The van der Waals surface area contributed by atoms with Crippen LogP contribution in [0.5, 0.6) is 0 Å². The van der Waals surface area contributed by atoms with Crippen LogP contribution in [0.15, 0.2) is 0 Å². The molecule has 17 heavy (non-hydrogen) atoms. The molecule has 5 atom stereocenters. The fourth-order valence-corrected chi connectivity index (χ4v) is 4.00. The van der Waals surface area contributed by atoms with E-state index in [1.165, 1.54) is 19.3 Å². The second-order valence-corrected chi connectivity index (χ2v) is 5.99. The average molecular weight is 237 g/mol. The van der Waals surface area contributed by atoms with E-state index < -0.39 is 0 Å². The summed E-state index contributed by atoms with van der Waals surface area (Å²) in [6, 6.07) is 0.438. The van der Waals surface area contributed by atoms with Crippen molar-refractivity contribution in [2.45, 2.75) is 44.2 Å². The Bertz CT molecular complexity index is 299. The van der Waals surface area contributed by atoms with Gasteiger partial charge in [0.25, 0.3) is 0 Å². The molecule has 4 unspecified atom stereocenters. The summed E-state index contributed by atoms with van der Waals surface area (Å²) in [4.78, 5) is 12.3. The van der Waals surface area contributed by atoms with Gasteiger partial charge >= 0.3 is 0 Å². The molecule has 1 aliphatic heterocycles. The molecule has 3 aliphatic rings. The second kappa shape index (κ2) is 4.58. The van der Waals surface area contributed by atoms with Crippen LogP contribution in [0, 0.1) is 17.8 Å². The van der Waals surface area contributed by atoms with Crippen molar-refractivity contribution in [3.05, 3.63) is 0 Å². The first kappa shape index (κ1) is 11.5. The zero-order chi connectivity index (χ0) is 11.8. The molecule has 0 aromatic rings. The van der Waals surface area contributed by atoms with Gasteiger partial charge in [0, 0.05) is 18.6 Å². The Labute approximate surface area is 103 Å². The normalized spacial score (nSPS) is 44.9. The zero-order valence-electron chi connectivity index (χ0n) is 10.3. The molecule has 1 amide bonds. The van der Waals surface area contributed by atoms with Gasteiger partial charge in [-0.2, -0.15) is 0 Å². The van der Waals surface area contributed by atoms with Crippen LogP contribution >= 0.6 is 0 Å². The predicted octanol–water partition coefficient (Wildman–Crippen LogP) is 0.228. The van der Waals surface area contributed by atoms with Crippen LogP contribution in [-0.2, 0) is 4.79 Å². The Morgan fingerprint density at radius 2 is 2.06 bits per heavy atom. The molecule has 4 heteroatoms. The van der Waals surface area contributed by atoms with Gasteiger partial charge in [-0.1, -0.05) is 0 Å². The molecule has 96 valence electrons. The van der Waals surface area contributed by atoms with Crippen LogP contribution in [0.3, 0.4) is 0 Å². The van der Waals surface area contributed by atoms with Gasteiger partial charge in [0.15, 0.2) is 0 Å². The highest BCUT2D eigenvalue weighted by atomic mass is 16.2. The van der Waals surface area contributed by atoms with E-state index >= 15 is 0 Å². The number of hydrogen-bond donors (Lipinski definition) is 3. The number of rotatable bonds is 2. The molecular formula is C13H23N3O. The first-order chi connectivity index (χ1) is 8.25. The molecule has 1 saturated heterocycles. The maximum atomic E-state index is 12.3. The Balaban J connectivity index is 1.58. The van der Waals surface area contributed by atoms with E-state index in [-0.39, 0.29) is 17.9 Å². The molecule has 1 heterocycles. The lowest BCUT2D eigenvalue weighted by molar-refractivity contribution is -0.127. The molecule has 0 spiro atoms. The van der Waals surface area contributed by atoms with Crippen molar-refractivity contribution < 1.29 is 4.79 Å². The zero-order valence-corrected chi connectivity index (χ0v) is 10.3. The SMILES string of the molecule is NC1C2CCC(C2)C1C(=O)N[C@H]1CCCNC1. The molecule has 2 bridgehead atoms. The quantitative estimate of drug-likeness (QED) is 0.644. The minimum absolute atomic E-state index is 0.0932. The van der Waals surface area contributed by atoms with Crippen molar-refractivity contribution in [1.82, 2.24) is 10.6 Å². The van der Waals surface area contributed by atoms with Crippen molar-refractivity contribution in [3.63, 3.8) is 0 Å². The monoisotopic (exact) mass is 237 g/mol. The molecule has 3 fully saturated rings. The van der Waals surface area contributed by atoms with Crippen LogP contribution in [0.4, 0.5) is 0 Å². The third kappa shape index (κ3) is 2.08. The molecular weight excluding hydrogens is 214 g/mol. The van der Waals surface area contributed by atoms with E-state index in [1.807, 2.05) is 0 Å². The highest BCUT2D eigenvalue weighted by Crippen LogP contribution is 2.47. The second-order valence-electron chi connectivity index (χ2n) is 5.99. The summed E-state index contributed by atoms with van der Waals surface area (Å²) in [6.07, 6.45) is 5.89.